The molecule has 1 N–H and O–H groups in total. The van der Waals surface area contributed by atoms with Crippen LogP contribution in [0.2, 0.25) is 0 Å². The summed E-state index contributed by atoms with van der Waals surface area (Å²) in [6, 6.07) is -0.537. The van der Waals surface area contributed by atoms with Crippen molar-refractivity contribution < 1.29 is 14.8 Å². The molecule has 0 aliphatic rings. The summed E-state index contributed by atoms with van der Waals surface area (Å²) in [4.78, 5) is 20.9. The van der Waals surface area contributed by atoms with E-state index in [-0.39, 0.29) is 11.3 Å². The number of hydrogen-bond acceptors (Lipinski definition) is 3. The molecule has 0 radical (unpaired) electrons. The number of rotatable bonds is 13. The molecule has 0 aromatic rings. The van der Waals surface area contributed by atoms with Crippen molar-refractivity contribution in [2.75, 3.05) is 0 Å². The van der Waals surface area contributed by atoms with Crippen LogP contribution >= 0.6 is 0 Å². The summed E-state index contributed by atoms with van der Waals surface area (Å²) >= 11 is 0. The third-order valence-electron chi connectivity index (χ3n) is 3.24. The van der Waals surface area contributed by atoms with Crippen LogP contribution in [0.1, 0.15) is 71.1 Å². The van der Waals surface area contributed by atoms with Gasteiger partial charge in [0.05, 0.1) is 0 Å². The minimum absolute atomic E-state index is 0.210. The van der Waals surface area contributed by atoms with Gasteiger partial charge in [0.1, 0.15) is 0 Å². The van der Waals surface area contributed by atoms with Gasteiger partial charge in [-0.1, -0.05) is 38.7 Å². The van der Waals surface area contributed by atoms with E-state index in [4.69, 9.17) is 5.11 Å². The summed E-state index contributed by atoms with van der Waals surface area (Å²) in [5, 5.41) is 19.3. The van der Waals surface area contributed by atoms with Crippen LogP contribution in [0, 0.1) is 10.1 Å². The van der Waals surface area contributed by atoms with Gasteiger partial charge in [0, 0.05) is 17.8 Å². The number of nitro groups is 1. The van der Waals surface area contributed by atoms with Gasteiger partial charge in [0.25, 0.3) is 0 Å². The molecule has 0 rings (SSSR count). The van der Waals surface area contributed by atoms with E-state index in [1.54, 1.807) is 6.08 Å². The first-order valence-electron chi connectivity index (χ1n) is 7.59. The number of carboxylic acid groups (broad SMARTS) is 1. The largest absolute Gasteiger partial charge is 0.481 e. The Kier molecular flexibility index (Phi) is 11.8. The fourth-order valence-corrected chi connectivity index (χ4v) is 2.01. The molecule has 0 heterocycles. The topological polar surface area (TPSA) is 80.4 Å². The predicted molar refractivity (Wildman–Crippen MR) is 79.4 cm³/mol. The molecule has 116 valence electrons. The maximum absolute atomic E-state index is 10.8. The lowest BCUT2D eigenvalue weighted by Gasteiger charge is -2.03. The molecule has 0 aromatic heterocycles. The van der Waals surface area contributed by atoms with Crippen molar-refractivity contribution in [3.63, 3.8) is 0 Å². The van der Waals surface area contributed by atoms with E-state index in [0.29, 0.717) is 6.42 Å². The Bertz CT molecular complexity index is 302. The molecular weight excluding hydrogens is 258 g/mol. The Morgan fingerprint density at radius 1 is 1.20 bits per heavy atom. The minimum atomic E-state index is -0.731. The predicted octanol–water partition coefficient (Wildman–Crippen LogP) is 4.19. The first kappa shape index (κ1) is 18.6. The molecule has 1 unspecified atom stereocenters. The Labute approximate surface area is 121 Å². The second kappa shape index (κ2) is 12.6. The number of unbranched alkanes of at least 4 members (excludes halogenated alkanes) is 6. The monoisotopic (exact) mass is 285 g/mol. The van der Waals surface area contributed by atoms with E-state index in [0.717, 1.165) is 51.4 Å². The van der Waals surface area contributed by atoms with Gasteiger partial charge >= 0.3 is 5.97 Å². The van der Waals surface area contributed by atoms with Crippen molar-refractivity contribution in [3.05, 3.63) is 22.3 Å². The highest BCUT2D eigenvalue weighted by Gasteiger charge is 2.14. The van der Waals surface area contributed by atoms with Gasteiger partial charge in [-0.3, -0.25) is 14.9 Å². The molecule has 0 fully saturated rings. The lowest BCUT2D eigenvalue weighted by molar-refractivity contribution is -0.510. The summed E-state index contributed by atoms with van der Waals surface area (Å²) in [5.74, 6) is -0.731. The number of carbonyl (C=O) groups is 1. The summed E-state index contributed by atoms with van der Waals surface area (Å²) in [6.45, 7) is 2.03. The highest BCUT2D eigenvalue weighted by Crippen LogP contribution is 2.09. The summed E-state index contributed by atoms with van der Waals surface area (Å²) in [5.41, 5.74) is 0. The third-order valence-corrected chi connectivity index (χ3v) is 3.24. The maximum Gasteiger partial charge on any atom is 0.303 e. The van der Waals surface area contributed by atoms with E-state index in [1.165, 1.54) is 0 Å². The van der Waals surface area contributed by atoms with Crippen LogP contribution in [0.25, 0.3) is 0 Å². The number of nitrogens with zero attached hydrogens (tertiary/aromatic N) is 1. The van der Waals surface area contributed by atoms with Gasteiger partial charge in [0.2, 0.25) is 6.04 Å². The molecular formula is C15H27NO4. The maximum atomic E-state index is 10.8. The molecule has 0 bridgehead atoms. The molecule has 0 aromatic carbocycles. The lowest BCUT2D eigenvalue weighted by Crippen LogP contribution is -2.16. The zero-order chi connectivity index (χ0) is 15.2. The fraction of sp³-hybridized carbons (Fsp3) is 0.800. The van der Waals surface area contributed by atoms with Crippen molar-refractivity contribution in [3.8, 4) is 0 Å². The molecule has 5 nitrogen and oxygen atoms in total. The number of allylic oxidation sites excluding steroid dienone is 1. The summed E-state index contributed by atoms with van der Waals surface area (Å²) in [7, 11) is 0. The van der Waals surface area contributed by atoms with Crippen LogP contribution in [-0.4, -0.2) is 22.0 Å². The van der Waals surface area contributed by atoms with Crippen LogP contribution < -0.4 is 0 Å². The number of carboxylic acids is 1. The van der Waals surface area contributed by atoms with Crippen molar-refractivity contribution in [2.45, 2.75) is 77.2 Å². The number of aliphatic carboxylic acids is 1. The van der Waals surface area contributed by atoms with Crippen LogP contribution in [0.5, 0.6) is 0 Å². The highest BCUT2D eigenvalue weighted by atomic mass is 16.6. The Hall–Kier alpha value is -1.39. The molecule has 0 saturated heterocycles. The zero-order valence-corrected chi connectivity index (χ0v) is 12.4. The smallest absolute Gasteiger partial charge is 0.303 e. The second-order valence-corrected chi connectivity index (χ2v) is 5.12. The van der Waals surface area contributed by atoms with E-state index in [2.05, 4.69) is 0 Å². The average molecular weight is 285 g/mol. The Balaban J connectivity index is 3.58. The molecule has 5 heteroatoms. The molecule has 20 heavy (non-hydrogen) atoms. The zero-order valence-electron chi connectivity index (χ0n) is 12.4. The van der Waals surface area contributed by atoms with Gasteiger partial charge in [-0.15, -0.1) is 0 Å². The SMILES string of the molecule is CCCCC(/C=C/CCCCCCCC(=O)O)[N+](=O)[O-]. The molecule has 0 amide bonds. The van der Waals surface area contributed by atoms with E-state index in [1.807, 2.05) is 13.0 Å². The van der Waals surface area contributed by atoms with Crippen LogP contribution in [0.4, 0.5) is 0 Å². The minimum Gasteiger partial charge on any atom is -0.481 e. The van der Waals surface area contributed by atoms with Gasteiger partial charge in [-0.2, -0.15) is 0 Å². The standard InChI is InChI=1S/C15H27NO4/c1-2-3-11-14(16(19)20)12-9-7-5-4-6-8-10-13-15(17)18/h9,12,14H,2-8,10-11,13H2,1H3,(H,17,18)/b12-9+. The summed E-state index contributed by atoms with van der Waals surface area (Å²) < 4.78 is 0. The Morgan fingerprint density at radius 2 is 1.85 bits per heavy atom. The molecule has 1 atom stereocenters. The van der Waals surface area contributed by atoms with Crippen molar-refractivity contribution >= 4 is 5.97 Å². The van der Waals surface area contributed by atoms with Gasteiger partial charge in [0.15, 0.2) is 0 Å². The lowest BCUT2D eigenvalue weighted by atomic mass is 10.1. The molecule has 0 aliphatic heterocycles. The van der Waals surface area contributed by atoms with Crippen molar-refractivity contribution in [1.29, 1.82) is 0 Å². The van der Waals surface area contributed by atoms with E-state index in [9.17, 15) is 14.9 Å². The van der Waals surface area contributed by atoms with Crippen molar-refractivity contribution in [2.24, 2.45) is 0 Å². The van der Waals surface area contributed by atoms with E-state index >= 15 is 0 Å². The second-order valence-electron chi connectivity index (χ2n) is 5.12. The molecule has 0 aliphatic carbocycles. The average Bonchev–Trinajstić information content (AvgIpc) is 2.39. The van der Waals surface area contributed by atoms with Gasteiger partial charge in [-0.25, -0.2) is 0 Å². The van der Waals surface area contributed by atoms with Crippen LogP contribution in [0.3, 0.4) is 0 Å². The fourth-order valence-electron chi connectivity index (χ4n) is 2.01. The molecule has 0 spiro atoms. The molecule has 0 saturated carbocycles. The summed E-state index contributed by atoms with van der Waals surface area (Å²) in [6.07, 6.45) is 12.1. The normalized spacial score (nSPS) is 12.7. The van der Waals surface area contributed by atoms with Gasteiger partial charge in [-0.05, 0) is 31.8 Å². The van der Waals surface area contributed by atoms with Crippen LogP contribution in [0.15, 0.2) is 12.2 Å². The van der Waals surface area contributed by atoms with E-state index < -0.39 is 12.0 Å². The first-order valence-corrected chi connectivity index (χ1v) is 7.59. The third kappa shape index (κ3) is 11.7. The quantitative estimate of drug-likeness (QED) is 0.238. The highest BCUT2D eigenvalue weighted by molar-refractivity contribution is 5.66. The first-order chi connectivity index (χ1) is 9.57. The number of hydrogen-bond donors (Lipinski definition) is 1. The Morgan fingerprint density at radius 3 is 2.45 bits per heavy atom. The van der Waals surface area contributed by atoms with Crippen LogP contribution in [-0.2, 0) is 4.79 Å². The van der Waals surface area contributed by atoms with Gasteiger partial charge < -0.3 is 5.11 Å². The van der Waals surface area contributed by atoms with Crippen molar-refractivity contribution in [1.82, 2.24) is 0 Å².